The Balaban J connectivity index is 0.000000423. The summed E-state index contributed by atoms with van der Waals surface area (Å²) in [6, 6.07) is 8.82. The molecule has 1 aliphatic rings. The number of alkyl halides is 5. The van der Waals surface area contributed by atoms with Gasteiger partial charge in [0.05, 0.1) is 0 Å². The predicted octanol–water partition coefficient (Wildman–Crippen LogP) is 3.76. The standard InChI is InChI=1S/C17H19F2N3O2.C2HF3O2/c18-17(19)24-15-5-4-12(10-21-15)11-23-16-3-1-2-14(22-16)13-6-8-20-9-7-13;3-2(4,5)1(6)7/h1-5,10,13,17,20H,6-9,11H2;(H,6,7). The normalized spacial score (nSPS) is 14.5. The lowest BCUT2D eigenvalue weighted by Gasteiger charge is -2.22. The van der Waals surface area contributed by atoms with Crippen LogP contribution in [0, 0.1) is 0 Å². The quantitative estimate of drug-likeness (QED) is 0.649. The summed E-state index contributed by atoms with van der Waals surface area (Å²) in [5.41, 5.74) is 1.80. The molecule has 7 nitrogen and oxygen atoms in total. The molecule has 31 heavy (non-hydrogen) atoms. The van der Waals surface area contributed by atoms with E-state index in [1.54, 1.807) is 6.07 Å². The van der Waals surface area contributed by atoms with Crippen molar-refractivity contribution in [3.8, 4) is 11.8 Å². The Morgan fingerprint density at radius 3 is 2.39 bits per heavy atom. The molecule has 0 aromatic carbocycles. The van der Waals surface area contributed by atoms with E-state index in [0.29, 0.717) is 11.8 Å². The molecule has 0 saturated carbocycles. The van der Waals surface area contributed by atoms with Crippen molar-refractivity contribution in [3.05, 3.63) is 47.8 Å². The molecule has 3 heterocycles. The van der Waals surface area contributed by atoms with E-state index in [1.165, 1.54) is 12.3 Å². The van der Waals surface area contributed by atoms with Gasteiger partial charge < -0.3 is 19.9 Å². The number of carbonyl (C=O) groups is 1. The van der Waals surface area contributed by atoms with Gasteiger partial charge in [-0.25, -0.2) is 14.8 Å². The van der Waals surface area contributed by atoms with Crippen molar-refractivity contribution in [1.82, 2.24) is 15.3 Å². The highest BCUT2D eigenvalue weighted by atomic mass is 19.4. The monoisotopic (exact) mass is 449 g/mol. The maximum absolute atomic E-state index is 12.1. The number of aliphatic carboxylic acids is 1. The first-order valence-corrected chi connectivity index (χ1v) is 9.15. The van der Waals surface area contributed by atoms with Crippen LogP contribution >= 0.6 is 0 Å². The number of carboxylic acids is 1. The molecule has 0 amide bonds. The summed E-state index contributed by atoms with van der Waals surface area (Å²) in [5, 5.41) is 10.5. The predicted molar refractivity (Wildman–Crippen MR) is 98.0 cm³/mol. The second-order valence-corrected chi connectivity index (χ2v) is 6.40. The Morgan fingerprint density at radius 2 is 1.84 bits per heavy atom. The molecule has 0 unspecified atom stereocenters. The Bertz CT molecular complexity index is 828. The summed E-state index contributed by atoms with van der Waals surface area (Å²) in [4.78, 5) is 17.3. The topological polar surface area (TPSA) is 93.6 Å². The van der Waals surface area contributed by atoms with Crippen molar-refractivity contribution in [1.29, 1.82) is 0 Å². The van der Waals surface area contributed by atoms with Crippen LogP contribution in [0.5, 0.6) is 11.8 Å². The number of aromatic nitrogens is 2. The van der Waals surface area contributed by atoms with Crippen LogP contribution in [0.25, 0.3) is 0 Å². The molecule has 0 aliphatic carbocycles. The zero-order valence-corrected chi connectivity index (χ0v) is 16.1. The summed E-state index contributed by atoms with van der Waals surface area (Å²) in [7, 11) is 0. The fourth-order valence-corrected chi connectivity index (χ4v) is 2.67. The van der Waals surface area contributed by atoms with Gasteiger partial charge in [0.25, 0.3) is 0 Å². The van der Waals surface area contributed by atoms with Gasteiger partial charge in [-0.1, -0.05) is 6.07 Å². The molecule has 12 heteroatoms. The Morgan fingerprint density at radius 1 is 1.16 bits per heavy atom. The van der Waals surface area contributed by atoms with E-state index in [-0.39, 0.29) is 12.5 Å². The minimum absolute atomic E-state index is 0.111. The van der Waals surface area contributed by atoms with Crippen LogP contribution in [-0.2, 0) is 11.4 Å². The number of pyridine rings is 2. The van der Waals surface area contributed by atoms with Crippen molar-refractivity contribution >= 4 is 5.97 Å². The van der Waals surface area contributed by atoms with Crippen molar-refractivity contribution in [2.45, 2.75) is 38.2 Å². The van der Waals surface area contributed by atoms with Crippen LogP contribution in [0.15, 0.2) is 36.5 Å². The zero-order chi connectivity index (χ0) is 22.9. The van der Waals surface area contributed by atoms with Crippen LogP contribution in [0.1, 0.15) is 30.0 Å². The highest BCUT2D eigenvalue weighted by molar-refractivity contribution is 5.73. The van der Waals surface area contributed by atoms with Crippen LogP contribution in [0.3, 0.4) is 0 Å². The average Bonchev–Trinajstić information content (AvgIpc) is 2.73. The minimum Gasteiger partial charge on any atom is -0.475 e. The molecule has 1 aliphatic heterocycles. The maximum atomic E-state index is 12.1. The summed E-state index contributed by atoms with van der Waals surface area (Å²) in [5.74, 6) is -1.85. The molecule has 170 valence electrons. The minimum atomic E-state index is -5.08. The largest absolute Gasteiger partial charge is 0.490 e. The molecular formula is C19H20F5N3O4. The number of hydrogen-bond donors (Lipinski definition) is 2. The van der Waals surface area contributed by atoms with Gasteiger partial charge in [-0.15, -0.1) is 0 Å². The zero-order valence-electron chi connectivity index (χ0n) is 16.1. The molecule has 0 radical (unpaired) electrons. The van der Waals surface area contributed by atoms with Gasteiger partial charge >= 0.3 is 18.8 Å². The fraction of sp³-hybridized carbons (Fsp3) is 0.421. The van der Waals surface area contributed by atoms with Gasteiger partial charge in [0.2, 0.25) is 11.8 Å². The van der Waals surface area contributed by atoms with Gasteiger partial charge in [-0.2, -0.15) is 22.0 Å². The van der Waals surface area contributed by atoms with Crippen LogP contribution in [-0.4, -0.2) is 46.9 Å². The lowest BCUT2D eigenvalue weighted by atomic mass is 9.94. The van der Waals surface area contributed by atoms with Gasteiger partial charge in [-0.05, 0) is 38.1 Å². The smallest absolute Gasteiger partial charge is 0.475 e. The summed E-state index contributed by atoms with van der Waals surface area (Å²) < 4.78 is 65.8. The fourth-order valence-electron chi connectivity index (χ4n) is 2.67. The van der Waals surface area contributed by atoms with Gasteiger partial charge in [0.15, 0.2) is 0 Å². The summed E-state index contributed by atoms with van der Waals surface area (Å²) >= 11 is 0. The number of halogens is 5. The molecule has 0 spiro atoms. The molecule has 3 rings (SSSR count). The number of piperidine rings is 1. The Labute approximate surface area is 174 Å². The van der Waals surface area contributed by atoms with Crippen molar-refractivity contribution < 1.29 is 41.3 Å². The number of hydrogen-bond acceptors (Lipinski definition) is 6. The summed E-state index contributed by atoms with van der Waals surface area (Å²) in [6.45, 7) is -0.585. The molecule has 2 aromatic heterocycles. The number of rotatable bonds is 6. The first-order valence-electron chi connectivity index (χ1n) is 9.15. The van der Waals surface area contributed by atoms with E-state index in [0.717, 1.165) is 37.2 Å². The molecule has 0 atom stereocenters. The third-order valence-corrected chi connectivity index (χ3v) is 4.14. The van der Waals surface area contributed by atoms with E-state index in [4.69, 9.17) is 14.6 Å². The number of carboxylic acid groups (broad SMARTS) is 1. The number of nitrogens with one attached hydrogen (secondary N) is 1. The second-order valence-electron chi connectivity index (χ2n) is 6.40. The Kier molecular flexibility index (Phi) is 8.91. The number of nitrogens with zero attached hydrogens (tertiary/aromatic N) is 2. The molecule has 2 N–H and O–H groups in total. The Hall–Kier alpha value is -3.02. The third-order valence-electron chi connectivity index (χ3n) is 4.14. The molecular weight excluding hydrogens is 429 g/mol. The number of ether oxygens (including phenoxy) is 2. The van der Waals surface area contributed by atoms with E-state index >= 15 is 0 Å². The van der Waals surface area contributed by atoms with E-state index < -0.39 is 18.8 Å². The lowest BCUT2D eigenvalue weighted by molar-refractivity contribution is -0.192. The van der Waals surface area contributed by atoms with Gasteiger partial charge in [0, 0.05) is 35.5 Å². The lowest BCUT2D eigenvalue weighted by Crippen LogP contribution is -2.27. The van der Waals surface area contributed by atoms with E-state index in [2.05, 4.69) is 20.0 Å². The summed E-state index contributed by atoms with van der Waals surface area (Å²) in [6.07, 6.45) is -1.48. The first-order chi connectivity index (χ1) is 14.6. The van der Waals surface area contributed by atoms with Crippen molar-refractivity contribution in [3.63, 3.8) is 0 Å². The highest BCUT2D eigenvalue weighted by Gasteiger charge is 2.38. The molecule has 2 aromatic rings. The van der Waals surface area contributed by atoms with Gasteiger partial charge in [0.1, 0.15) is 6.61 Å². The van der Waals surface area contributed by atoms with Crippen molar-refractivity contribution in [2.24, 2.45) is 0 Å². The average molecular weight is 449 g/mol. The van der Waals surface area contributed by atoms with Crippen LogP contribution in [0.4, 0.5) is 22.0 Å². The van der Waals surface area contributed by atoms with Crippen LogP contribution in [0.2, 0.25) is 0 Å². The van der Waals surface area contributed by atoms with E-state index in [9.17, 15) is 22.0 Å². The highest BCUT2D eigenvalue weighted by Crippen LogP contribution is 2.25. The maximum Gasteiger partial charge on any atom is 0.490 e. The molecule has 0 bridgehead atoms. The SMILES string of the molecule is FC(F)Oc1ccc(COc2cccc(C3CCNCC3)n2)cn1.O=C(O)C(F)(F)F. The van der Waals surface area contributed by atoms with Crippen molar-refractivity contribution in [2.75, 3.05) is 13.1 Å². The van der Waals surface area contributed by atoms with Crippen LogP contribution < -0.4 is 14.8 Å². The second kappa shape index (κ2) is 11.4. The molecule has 1 saturated heterocycles. The molecule has 1 fully saturated rings. The van der Waals surface area contributed by atoms with Gasteiger partial charge in [-0.3, -0.25) is 0 Å². The first kappa shape index (κ1) is 24.3. The third kappa shape index (κ3) is 8.70. The van der Waals surface area contributed by atoms with E-state index in [1.807, 2.05) is 18.2 Å².